The molecule has 2 aromatic rings. The minimum atomic E-state index is -4.49. The molecule has 2 atom stereocenters. The maximum Gasteiger partial charge on any atom is 0.416 e. The van der Waals surface area contributed by atoms with E-state index in [4.69, 9.17) is 0 Å². The van der Waals surface area contributed by atoms with E-state index in [1.54, 1.807) is 20.8 Å². The van der Waals surface area contributed by atoms with Crippen LogP contribution in [-0.2, 0) is 16.5 Å². The predicted molar refractivity (Wildman–Crippen MR) is 94.3 cm³/mol. The Labute approximate surface area is 157 Å². The molecule has 0 saturated carbocycles. The van der Waals surface area contributed by atoms with Crippen LogP contribution in [0.15, 0.2) is 35.3 Å². The molecule has 0 bridgehead atoms. The molecule has 2 heterocycles. The van der Waals surface area contributed by atoms with Gasteiger partial charge in [0.05, 0.1) is 11.8 Å². The fourth-order valence-corrected chi connectivity index (χ4v) is 4.13. The van der Waals surface area contributed by atoms with Crippen LogP contribution in [0.4, 0.5) is 13.2 Å². The number of rotatable bonds is 2. The molecule has 0 spiro atoms. The van der Waals surface area contributed by atoms with Crippen molar-refractivity contribution in [2.24, 2.45) is 0 Å². The Kier molecular flexibility index (Phi) is 4.57. The van der Waals surface area contributed by atoms with Crippen LogP contribution < -0.4 is 11.0 Å². The number of halogens is 3. The van der Waals surface area contributed by atoms with Crippen LogP contribution in [0.1, 0.15) is 42.6 Å². The Hall–Kier alpha value is -2.36. The average molecular weight is 401 g/mol. The Morgan fingerprint density at radius 2 is 1.85 bits per heavy atom. The molecule has 1 amide bonds. The number of aromatic nitrogens is 2. The number of thioether (sulfide) groups is 1. The Morgan fingerprint density at radius 3 is 2.41 bits per heavy atom. The smallest absolute Gasteiger partial charge is 0.416 e. The lowest BCUT2D eigenvalue weighted by atomic mass is 10.1. The first-order chi connectivity index (χ1) is 12.4. The molecule has 6 nitrogen and oxygen atoms in total. The van der Waals surface area contributed by atoms with E-state index in [9.17, 15) is 27.9 Å². The summed E-state index contributed by atoms with van der Waals surface area (Å²) in [4.78, 5) is 25.0. The zero-order valence-electron chi connectivity index (χ0n) is 14.7. The van der Waals surface area contributed by atoms with Gasteiger partial charge in [0.1, 0.15) is 5.37 Å². The molecule has 1 aliphatic rings. The highest BCUT2D eigenvalue weighted by Gasteiger charge is 2.38. The van der Waals surface area contributed by atoms with Crippen molar-refractivity contribution in [3.8, 4) is 5.88 Å². The summed E-state index contributed by atoms with van der Waals surface area (Å²) in [5, 5.41) is 10.9. The van der Waals surface area contributed by atoms with Gasteiger partial charge in [0, 0.05) is 5.54 Å². The number of carbonyl (C=O) groups excluding carboxylic acids is 1. The molecule has 27 heavy (non-hydrogen) atoms. The Balaban J connectivity index is 1.93. The number of imidazole rings is 1. The first-order valence-electron chi connectivity index (χ1n) is 8.06. The lowest BCUT2D eigenvalue weighted by Gasteiger charge is -2.20. The number of benzene rings is 1. The van der Waals surface area contributed by atoms with Crippen molar-refractivity contribution < 1.29 is 23.1 Å². The normalized spacial score (nSPS) is 20.7. The lowest BCUT2D eigenvalue weighted by molar-refractivity contribution is -0.137. The van der Waals surface area contributed by atoms with Crippen LogP contribution >= 0.6 is 11.8 Å². The second kappa shape index (κ2) is 6.36. The van der Waals surface area contributed by atoms with Gasteiger partial charge in [-0.15, -0.1) is 0 Å². The van der Waals surface area contributed by atoms with Crippen molar-refractivity contribution in [2.75, 3.05) is 0 Å². The number of nitrogens with zero attached hydrogens (tertiary/aromatic N) is 2. The van der Waals surface area contributed by atoms with Gasteiger partial charge in [-0.25, -0.2) is 4.79 Å². The standard InChI is InChI=1S/C17H18F3N3O3S/c1-16(2,3)23-11(24)8-22(15(23)26)14-12(25)21-13(27-14)9-5-4-6-10(7-9)17(18,19)20/h4-8,13-14,24H,1-3H3,(H,21,25). The van der Waals surface area contributed by atoms with Gasteiger partial charge < -0.3 is 10.4 Å². The lowest BCUT2D eigenvalue weighted by Crippen LogP contribution is -2.36. The van der Waals surface area contributed by atoms with Crippen LogP contribution in [0, 0.1) is 0 Å². The van der Waals surface area contributed by atoms with E-state index in [0.717, 1.165) is 33.0 Å². The summed E-state index contributed by atoms with van der Waals surface area (Å²) in [6, 6.07) is 4.68. The molecule has 1 aliphatic heterocycles. The van der Waals surface area contributed by atoms with Crippen molar-refractivity contribution in [1.82, 2.24) is 14.5 Å². The number of nitrogens with one attached hydrogen (secondary N) is 1. The first-order valence-corrected chi connectivity index (χ1v) is 9.00. The number of hydrogen-bond donors (Lipinski definition) is 2. The van der Waals surface area contributed by atoms with Gasteiger partial charge in [0.2, 0.25) is 5.88 Å². The summed E-state index contributed by atoms with van der Waals surface area (Å²) < 4.78 is 41.0. The predicted octanol–water partition coefficient (Wildman–Crippen LogP) is 3.19. The zero-order chi connectivity index (χ0) is 20.1. The molecule has 2 unspecified atom stereocenters. The fraction of sp³-hybridized carbons (Fsp3) is 0.412. The topological polar surface area (TPSA) is 76.3 Å². The van der Waals surface area contributed by atoms with Gasteiger partial charge in [0.25, 0.3) is 5.91 Å². The van der Waals surface area contributed by atoms with E-state index in [1.807, 2.05) is 0 Å². The third kappa shape index (κ3) is 3.58. The van der Waals surface area contributed by atoms with E-state index in [0.29, 0.717) is 0 Å². The third-order valence-corrected chi connectivity index (χ3v) is 5.46. The summed E-state index contributed by atoms with van der Waals surface area (Å²) in [6.07, 6.45) is -3.32. The minimum Gasteiger partial charge on any atom is -0.493 e. The SMILES string of the molecule is CC(C)(C)n1c(O)cn(C2SC(c3cccc(C(F)(F)F)c3)NC2=O)c1=O. The van der Waals surface area contributed by atoms with Gasteiger partial charge in [0.15, 0.2) is 5.37 Å². The summed E-state index contributed by atoms with van der Waals surface area (Å²) in [5.41, 5.74) is -1.81. The number of aromatic hydroxyl groups is 1. The van der Waals surface area contributed by atoms with E-state index in [-0.39, 0.29) is 11.4 Å². The quantitative estimate of drug-likeness (QED) is 0.811. The first kappa shape index (κ1) is 19.4. The van der Waals surface area contributed by atoms with Gasteiger partial charge in [-0.1, -0.05) is 23.9 Å². The Morgan fingerprint density at radius 1 is 1.19 bits per heavy atom. The van der Waals surface area contributed by atoms with Gasteiger partial charge in [-0.3, -0.25) is 13.9 Å². The molecule has 10 heteroatoms. The largest absolute Gasteiger partial charge is 0.493 e. The van der Waals surface area contributed by atoms with Crippen molar-refractivity contribution >= 4 is 17.7 Å². The van der Waals surface area contributed by atoms with Crippen LogP contribution in [-0.4, -0.2) is 20.1 Å². The zero-order valence-corrected chi connectivity index (χ0v) is 15.6. The van der Waals surface area contributed by atoms with E-state index < -0.39 is 39.6 Å². The second-order valence-electron chi connectivity index (χ2n) is 7.18. The van der Waals surface area contributed by atoms with Crippen molar-refractivity contribution in [2.45, 2.75) is 43.2 Å². The highest BCUT2D eigenvalue weighted by molar-refractivity contribution is 8.00. The summed E-state index contributed by atoms with van der Waals surface area (Å²) in [5.74, 6) is -0.806. The van der Waals surface area contributed by atoms with Crippen molar-refractivity contribution in [3.63, 3.8) is 0 Å². The summed E-state index contributed by atoms with van der Waals surface area (Å²) in [7, 11) is 0. The molecule has 2 N–H and O–H groups in total. The molecule has 3 rings (SSSR count). The van der Waals surface area contributed by atoms with Crippen molar-refractivity contribution in [3.05, 3.63) is 52.1 Å². The van der Waals surface area contributed by atoms with Crippen LogP contribution in [0.25, 0.3) is 0 Å². The number of alkyl halides is 3. The minimum absolute atomic E-state index is 0.276. The molecule has 146 valence electrons. The number of carbonyl (C=O) groups is 1. The molecule has 1 fully saturated rings. The van der Waals surface area contributed by atoms with E-state index in [1.165, 1.54) is 18.3 Å². The molecule has 1 aromatic heterocycles. The number of hydrogen-bond acceptors (Lipinski definition) is 4. The van der Waals surface area contributed by atoms with E-state index >= 15 is 0 Å². The highest BCUT2D eigenvalue weighted by atomic mass is 32.2. The average Bonchev–Trinajstić information content (AvgIpc) is 3.05. The molecule has 0 radical (unpaired) electrons. The third-order valence-electron chi connectivity index (χ3n) is 4.10. The van der Waals surface area contributed by atoms with Gasteiger partial charge >= 0.3 is 11.9 Å². The van der Waals surface area contributed by atoms with Crippen molar-refractivity contribution in [1.29, 1.82) is 0 Å². The van der Waals surface area contributed by atoms with Gasteiger partial charge in [-0.05, 0) is 38.5 Å². The molecular weight excluding hydrogens is 383 g/mol. The molecule has 1 aromatic carbocycles. The maximum absolute atomic E-state index is 12.9. The summed E-state index contributed by atoms with van der Waals surface area (Å²) >= 11 is 1.00. The monoisotopic (exact) mass is 401 g/mol. The fourth-order valence-electron chi connectivity index (χ4n) is 2.91. The second-order valence-corrected chi connectivity index (χ2v) is 8.37. The number of amides is 1. The molecule has 0 aliphatic carbocycles. The Bertz CT molecular complexity index is 943. The maximum atomic E-state index is 12.9. The van der Waals surface area contributed by atoms with Gasteiger partial charge in [-0.2, -0.15) is 13.2 Å². The summed E-state index contributed by atoms with van der Waals surface area (Å²) in [6.45, 7) is 5.18. The molecule has 1 saturated heterocycles. The van der Waals surface area contributed by atoms with Crippen LogP contribution in [0.2, 0.25) is 0 Å². The van der Waals surface area contributed by atoms with Crippen LogP contribution in [0.3, 0.4) is 0 Å². The van der Waals surface area contributed by atoms with Crippen LogP contribution in [0.5, 0.6) is 5.88 Å². The van der Waals surface area contributed by atoms with E-state index in [2.05, 4.69) is 5.32 Å². The highest BCUT2D eigenvalue weighted by Crippen LogP contribution is 2.43. The molecular formula is C17H18F3N3O3S.